The van der Waals surface area contributed by atoms with E-state index in [4.69, 9.17) is 5.26 Å². The van der Waals surface area contributed by atoms with E-state index in [-0.39, 0.29) is 0 Å². The van der Waals surface area contributed by atoms with E-state index in [2.05, 4.69) is 34.6 Å². The van der Waals surface area contributed by atoms with Crippen LogP contribution in [-0.2, 0) is 0 Å². The topological polar surface area (TPSA) is 67.4 Å². The Morgan fingerprint density at radius 2 is 2.21 bits per heavy atom. The SMILES string of the molecule is Cc1ccc(-n2nnnc2SCCCC#N)c(C)c1. The van der Waals surface area contributed by atoms with E-state index in [1.54, 1.807) is 16.4 Å². The first-order valence-electron chi connectivity index (χ1n) is 6.08. The van der Waals surface area contributed by atoms with Crippen LogP contribution < -0.4 is 0 Å². The number of nitrogens with zero attached hydrogens (tertiary/aromatic N) is 5. The maximum absolute atomic E-state index is 8.51. The van der Waals surface area contributed by atoms with Crippen LogP contribution in [0.4, 0.5) is 0 Å². The van der Waals surface area contributed by atoms with Gasteiger partial charge in [0, 0.05) is 12.2 Å². The lowest BCUT2D eigenvalue weighted by Crippen LogP contribution is -2.02. The molecular weight excluding hydrogens is 258 g/mol. The smallest absolute Gasteiger partial charge is 0.198 e. The zero-order valence-electron chi connectivity index (χ0n) is 11.0. The van der Waals surface area contributed by atoms with E-state index in [1.807, 2.05) is 19.1 Å². The highest BCUT2D eigenvalue weighted by atomic mass is 32.2. The summed E-state index contributed by atoms with van der Waals surface area (Å²) in [5.74, 6) is 0.846. The third-order valence-corrected chi connectivity index (χ3v) is 3.69. The Hall–Kier alpha value is -1.87. The van der Waals surface area contributed by atoms with Gasteiger partial charge in [-0.3, -0.25) is 0 Å². The first-order chi connectivity index (χ1) is 9.22. The lowest BCUT2D eigenvalue weighted by Gasteiger charge is -2.07. The normalized spacial score (nSPS) is 10.4. The minimum Gasteiger partial charge on any atom is -0.198 e. The fourth-order valence-corrected chi connectivity index (χ4v) is 2.60. The van der Waals surface area contributed by atoms with Gasteiger partial charge in [-0.15, -0.1) is 5.10 Å². The number of hydrogen-bond acceptors (Lipinski definition) is 5. The molecule has 6 heteroatoms. The van der Waals surface area contributed by atoms with Crippen molar-refractivity contribution in [3.63, 3.8) is 0 Å². The van der Waals surface area contributed by atoms with Crippen LogP contribution in [0.25, 0.3) is 5.69 Å². The Morgan fingerprint density at radius 3 is 2.95 bits per heavy atom. The van der Waals surface area contributed by atoms with Crippen molar-refractivity contribution < 1.29 is 0 Å². The molecule has 1 heterocycles. The number of aryl methyl sites for hydroxylation is 2. The number of tetrazole rings is 1. The molecule has 0 fully saturated rings. The van der Waals surface area contributed by atoms with Crippen molar-refractivity contribution in [3.8, 4) is 11.8 Å². The molecule has 0 unspecified atom stereocenters. The Balaban J connectivity index is 2.17. The standard InChI is InChI=1S/C13H15N5S/c1-10-5-6-12(11(2)9-10)18-13(15-16-17-18)19-8-4-3-7-14/h5-6,9H,3-4,8H2,1-2H3. The Labute approximate surface area is 116 Å². The largest absolute Gasteiger partial charge is 0.214 e. The molecule has 0 amide bonds. The van der Waals surface area contributed by atoms with Crippen LogP contribution in [-0.4, -0.2) is 26.0 Å². The third kappa shape index (κ3) is 3.32. The van der Waals surface area contributed by atoms with Crippen molar-refractivity contribution in [1.29, 1.82) is 5.26 Å². The molecule has 0 spiro atoms. The van der Waals surface area contributed by atoms with Crippen molar-refractivity contribution in [3.05, 3.63) is 29.3 Å². The average molecular weight is 273 g/mol. The minimum absolute atomic E-state index is 0.568. The number of aromatic nitrogens is 4. The molecule has 0 saturated carbocycles. The molecule has 2 rings (SSSR count). The number of nitriles is 1. The molecule has 0 aliphatic carbocycles. The van der Waals surface area contributed by atoms with Gasteiger partial charge in [-0.05, 0) is 42.3 Å². The lowest BCUT2D eigenvalue weighted by molar-refractivity contribution is 0.751. The molecule has 1 aromatic heterocycles. The van der Waals surface area contributed by atoms with Crippen LogP contribution in [0.15, 0.2) is 23.4 Å². The van der Waals surface area contributed by atoms with E-state index in [0.29, 0.717) is 6.42 Å². The number of hydrogen-bond donors (Lipinski definition) is 0. The van der Waals surface area contributed by atoms with Crippen LogP contribution in [0.2, 0.25) is 0 Å². The van der Waals surface area contributed by atoms with Gasteiger partial charge >= 0.3 is 0 Å². The predicted molar refractivity (Wildman–Crippen MR) is 74.2 cm³/mol. The van der Waals surface area contributed by atoms with Crippen LogP contribution in [0.3, 0.4) is 0 Å². The first-order valence-corrected chi connectivity index (χ1v) is 7.06. The molecule has 0 bridgehead atoms. The highest BCUT2D eigenvalue weighted by molar-refractivity contribution is 7.99. The van der Waals surface area contributed by atoms with Crippen molar-refractivity contribution >= 4 is 11.8 Å². The molecular formula is C13H15N5S. The van der Waals surface area contributed by atoms with Crippen LogP contribution >= 0.6 is 11.8 Å². The monoisotopic (exact) mass is 273 g/mol. The second-order valence-electron chi connectivity index (χ2n) is 4.27. The van der Waals surface area contributed by atoms with Gasteiger partial charge in [0.05, 0.1) is 11.8 Å². The predicted octanol–water partition coefficient (Wildman–Crippen LogP) is 2.68. The Bertz CT molecular complexity index is 599. The summed E-state index contributed by atoms with van der Waals surface area (Å²) >= 11 is 1.58. The van der Waals surface area contributed by atoms with Gasteiger partial charge in [0.2, 0.25) is 5.16 Å². The van der Waals surface area contributed by atoms with Crippen LogP contribution in [0.1, 0.15) is 24.0 Å². The summed E-state index contributed by atoms with van der Waals surface area (Å²) in [7, 11) is 0. The van der Waals surface area contributed by atoms with Gasteiger partial charge in [-0.1, -0.05) is 29.5 Å². The molecule has 19 heavy (non-hydrogen) atoms. The minimum atomic E-state index is 0.568. The van der Waals surface area contributed by atoms with E-state index in [9.17, 15) is 0 Å². The summed E-state index contributed by atoms with van der Waals surface area (Å²) in [6.07, 6.45) is 1.42. The maximum Gasteiger partial charge on any atom is 0.214 e. The van der Waals surface area contributed by atoms with Gasteiger partial charge in [-0.2, -0.15) is 9.94 Å². The highest BCUT2D eigenvalue weighted by Crippen LogP contribution is 2.21. The van der Waals surface area contributed by atoms with Crippen molar-refractivity contribution in [2.75, 3.05) is 5.75 Å². The second-order valence-corrected chi connectivity index (χ2v) is 5.34. The summed E-state index contributed by atoms with van der Waals surface area (Å²) < 4.78 is 1.76. The number of unbranched alkanes of at least 4 members (excludes halogenated alkanes) is 1. The van der Waals surface area contributed by atoms with Crippen LogP contribution in [0.5, 0.6) is 0 Å². The molecule has 0 atom stereocenters. The molecule has 0 aliphatic rings. The summed E-state index contributed by atoms with van der Waals surface area (Å²) in [5, 5.41) is 21.1. The van der Waals surface area contributed by atoms with E-state index in [1.165, 1.54) is 5.56 Å². The fourth-order valence-electron chi connectivity index (χ4n) is 1.78. The molecule has 0 saturated heterocycles. The van der Waals surface area contributed by atoms with Gasteiger partial charge < -0.3 is 0 Å². The molecule has 98 valence electrons. The molecule has 0 N–H and O–H groups in total. The molecule has 0 radical (unpaired) electrons. The third-order valence-electron chi connectivity index (χ3n) is 2.69. The Morgan fingerprint density at radius 1 is 1.37 bits per heavy atom. The van der Waals surface area contributed by atoms with Crippen LogP contribution in [0, 0.1) is 25.2 Å². The first kappa shape index (κ1) is 13.6. The number of thioether (sulfide) groups is 1. The van der Waals surface area contributed by atoms with Crippen molar-refractivity contribution in [2.24, 2.45) is 0 Å². The summed E-state index contributed by atoms with van der Waals surface area (Å²) in [6.45, 7) is 4.11. The molecule has 0 aliphatic heterocycles. The van der Waals surface area contributed by atoms with Gasteiger partial charge in [0.25, 0.3) is 0 Å². The van der Waals surface area contributed by atoms with E-state index in [0.717, 1.165) is 28.6 Å². The maximum atomic E-state index is 8.51. The van der Waals surface area contributed by atoms with Gasteiger partial charge in [-0.25, -0.2) is 0 Å². The quantitative estimate of drug-likeness (QED) is 0.619. The van der Waals surface area contributed by atoms with E-state index >= 15 is 0 Å². The Kier molecular flexibility index (Phi) is 4.53. The average Bonchev–Trinajstić information content (AvgIpc) is 2.83. The van der Waals surface area contributed by atoms with Crippen molar-refractivity contribution in [1.82, 2.24) is 20.2 Å². The zero-order valence-corrected chi connectivity index (χ0v) is 11.8. The highest BCUT2D eigenvalue weighted by Gasteiger charge is 2.10. The van der Waals surface area contributed by atoms with E-state index < -0.39 is 0 Å². The summed E-state index contributed by atoms with van der Waals surface area (Å²) in [4.78, 5) is 0. The van der Waals surface area contributed by atoms with Crippen molar-refractivity contribution in [2.45, 2.75) is 31.8 Å². The van der Waals surface area contributed by atoms with Gasteiger partial charge in [0.1, 0.15) is 0 Å². The number of benzene rings is 1. The number of rotatable bonds is 5. The molecule has 2 aromatic rings. The second kappa shape index (κ2) is 6.34. The lowest BCUT2D eigenvalue weighted by atomic mass is 10.1. The zero-order chi connectivity index (χ0) is 13.7. The fraction of sp³-hybridized carbons (Fsp3) is 0.385. The van der Waals surface area contributed by atoms with Gasteiger partial charge in [0.15, 0.2) is 0 Å². The molecule has 5 nitrogen and oxygen atoms in total. The molecule has 1 aromatic carbocycles. The summed E-state index contributed by atoms with van der Waals surface area (Å²) in [6, 6.07) is 8.33. The summed E-state index contributed by atoms with van der Waals surface area (Å²) in [5.41, 5.74) is 3.36.